The summed E-state index contributed by atoms with van der Waals surface area (Å²) in [5.41, 5.74) is 4.09. The van der Waals surface area contributed by atoms with Gasteiger partial charge in [0, 0.05) is 35.0 Å². The second-order valence-corrected chi connectivity index (χ2v) is 7.43. The number of benzene rings is 1. The number of hydrogen-bond acceptors (Lipinski definition) is 2. The van der Waals surface area contributed by atoms with Crippen LogP contribution in [0.25, 0.3) is 22.0 Å². The monoisotopic (exact) mass is 393 g/mol. The van der Waals surface area contributed by atoms with Crippen LogP contribution in [-0.2, 0) is 4.74 Å². The first-order valence-corrected chi connectivity index (χ1v) is 9.94. The van der Waals surface area contributed by atoms with Crippen LogP contribution >= 0.6 is 23.2 Å². The van der Waals surface area contributed by atoms with E-state index < -0.39 is 0 Å². The number of rotatable bonds is 2. The minimum absolute atomic E-state index is 0.0426. The summed E-state index contributed by atoms with van der Waals surface area (Å²) in [6, 6.07) is 3.83. The molecule has 6 heteroatoms. The highest BCUT2D eigenvalue weighted by molar-refractivity contribution is 6.45. The van der Waals surface area contributed by atoms with Crippen LogP contribution in [0.5, 0.6) is 0 Å². The van der Waals surface area contributed by atoms with Gasteiger partial charge in [-0.25, -0.2) is 4.68 Å². The third-order valence-electron chi connectivity index (χ3n) is 4.39. The fourth-order valence-electron chi connectivity index (χ4n) is 3.26. The number of aromatic amines is 1. The summed E-state index contributed by atoms with van der Waals surface area (Å²) in [5.74, 6) is 0. The van der Waals surface area contributed by atoms with Gasteiger partial charge in [-0.1, -0.05) is 49.5 Å². The SMILES string of the molecule is CCC.Cc1[nH]c2c(Cl)c(Cl)ccc2c1-c1cnn(C2CCCCO2)c1. The fourth-order valence-corrected chi connectivity index (χ4v) is 3.63. The number of halogens is 2. The Morgan fingerprint density at radius 2 is 2.04 bits per heavy atom. The zero-order chi connectivity index (χ0) is 18.7. The molecule has 0 saturated carbocycles. The number of aromatic nitrogens is 3. The molecule has 0 spiro atoms. The van der Waals surface area contributed by atoms with E-state index in [1.54, 1.807) is 0 Å². The fraction of sp³-hybridized carbons (Fsp3) is 0.450. The summed E-state index contributed by atoms with van der Waals surface area (Å²) in [4.78, 5) is 3.34. The molecule has 1 saturated heterocycles. The lowest BCUT2D eigenvalue weighted by molar-refractivity contribution is -0.0394. The summed E-state index contributed by atoms with van der Waals surface area (Å²) >= 11 is 12.4. The van der Waals surface area contributed by atoms with E-state index in [0.717, 1.165) is 47.2 Å². The first-order valence-electron chi connectivity index (χ1n) is 9.19. The van der Waals surface area contributed by atoms with Gasteiger partial charge in [-0.05, 0) is 32.3 Å². The lowest BCUT2D eigenvalue weighted by atomic mass is 10.1. The van der Waals surface area contributed by atoms with E-state index in [-0.39, 0.29) is 6.23 Å². The highest BCUT2D eigenvalue weighted by Crippen LogP contribution is 2.38. The molecule has 1 atom stereocenters. The molecule has 0 aliphatic carbocycles. The Labute approximate surface area is 164 Å². The van der Waals surface area contributed by atoms with Gasteiger partial charge in [-0.3, -0.25) is 0 Å². The smallest absolute Gasteiger partial charge is 0.150 e. The zero-order valence-electron chi connectivity index (χ0n) is 15.5. The summed E-state index contributed by atoms with van der Waals surface area (Å²) in [6.07, 6.45) is 8.55. The summed E-state index contributed by atoms with van der Waals surface area (Å²) in [5, 5.41) is 6.67. The predicted octanol–water partition coefficient (Wildman–Crippen LogP) is 6.76. The van der Waals surface area contributed by atoms with Gasteiger partial charge >= 0.3 is 0 Å². The first kappa shape index (κ1) is 19.3. The Balaban J connectivity index is 0.000000613. The summed E-state index contributed by atoms with van der Waals surface area (Å²) in [6.45, 7) is 7.09. The Kier molecular flexibility index (Phi) is 6.28. The van der Waals surface area contributed by atoms with Gasteiger partial charge in [0.25, 0.3) is 0 Å². The van der Waals surface area contributed by atoms with Crippen molar-refractivity contribution in [1.82, 2.24) is 14.8 Å². The molecule has 3 aromatic rings. The van der Waals surface area contributed by atoms with Crippen LogP contribution in [0.1, 0.15) is 51.5 Å². The molecule has 4 nitrogen and oxygen atoms in total. The molecular weight excluding hydrogens is 369 g/mol. The lowest BCUT2D eigenvalue weighted by Crippen LogP contribution is -2.18. The molecule has 4 rings (SSSR count). The van der Waals surface area contributed by atoms with Gasteiger partial charge in [-0.2, -0.15) is 5.10 Å². The van der Waals surface area contributed by atoms with Gasteiger partial charge in [0.1, 0.15) is 6.23 Å². The predicted molar refractivity (Wildman–Crippen MR) is 109 cm³/mol. The van der Waals surface area contributed by atoms with Crippen LogP contribution in [-0.4, -0.2) is 21.4 Å². The van der Waals surface area contributed by atoms with Gasteiger partial charge in [0.05, 0.1) is 21.8 Å². The lowest BCUT2D eigenvalue weighted by Gasteiger charge is -2.22. The molecule has 1 N–H and O–H groups in total. The minimum atomic E-state index is 0.0426. The number of aryl methyl sites for hydroxylation is 1. The van der Waals surface area contributed by atoms with Crippen LogP contribution in [0.4, 0.5) is 0 Å². The maximum absolute atomic E-state index is 6.32. The maximum atomic E-state index is 6.32. The molecule has 1 aliphatic heterocycles. The van der Waals surface area contributed by atoms with E-state index in [4.69, 9.17) is 27.9 Å². The van der Waals surface area contributed by atoms with E-state index in [0.29, 0.717) is 10.0 Å². The molecule has 1 unspecified atom stereocenters. The average Bonchev–Trinajstić information content (AvgIpc) is 3.24. The minimum Gasteiger partial charge on any atom is -0.357 e. The number of ether oxygens (including phenoxy) is 1. The van der Waals surface area contributed by atoms with Gasteiger partial charge in [0.15, 0.2) is 0 Å². The second-order valence-electron chi connectivity index (χ2n) is 6.65. The average molecular weight is 394 g/mol. The van der Waals surface area contributed by atoms with Gasteiger partial charge in [-0.15, -0.1) is 0 Å². The Morgan fingerprint density at radius 3 is 2.73 bits per heavy atom. The van der Waals surface area contributed by atoms with E-state index in [1.165, 1.54) is 12.8 Å². The largest absolute Gasteiger partial charge is 0.357 e. The van der Waals surface area contributed by atoms with Crippen molar-refractivity contribution in [3.05, 3.63) is 40.3 Å². The van der Waals surface area contributed by atoms with Crippen molar-refractivity contribution in [3.8, 4) is 11.1 Å². The van der Waals surface area contributed by atoms with Gasteiger partial charge < -0.3 is 9.72 Å². The van der Waals surface area contributed by atoms with Crippen molar-refractivity contribution in [1.29, 1.82) is 0 Å². The highest BCUT2D eigenvalue weighted by atomic mass is 35.5. The number of H-pyrrole nitrogens is 1. The first-order chi connectivity index (χ1) is 12.6. The van der Waals surface area contributed by atoms with Crippen molar-refractivity contribution < 1.29 is 4.74 Å². The van der Waals surface area contributed by atoms with Crippen molar-refractivity contribution in [2.24, 2.45) is 0 Å². The molecule has 0 bridgehead atoms. The zero-order valence-corrected chi connectivity index (χ0v) is 17.0. The Morgan fingerprint density at radius 1 is 1.27 bits per heavy atom. The van der Waals surface area contributed by atoms with Crippen molar-refractivity contribution >= 4 is 34.1 Å². The van der Waals surface area contributed by atoms with E-state index in [2.05, 4.69) is 23.9 Å². The standard InChI is InChI=1S/C17H17Cl2N3O.C3H8/c1-10-15(12-5-6-13(18)16(19)17(12)21-10)11-8-20-22(9-11)14-4-2-3-7-23-14;1-3-2/h5-6,8-9,14,21H,2-4,7H2,1H3;3H2,1-2H3. The second kappa shape index (κ2) is 8.47. The van der Waals surface area contributed by atoms with Gasteiger partial charge in [0.2, 0.25) is 0 Å². The molecule has 140 valence electrons. The van der Waals surface area contributed by atoms with Crippen molar-refractivity contribution in [2.75, 3.05) is 6.61 Å². The van der Waals surface area contributed by atoms with Crippen LogP contribution in [0.15, 0.2) is 24.5 Å². The molecule has 2 aromatic heterocycles. The molecule has 0 amide bonds. The normalized spacial score (nSPS) is 17.2. The molecule has 1 fully saturated rings. The van der Waals surface area contributed by atoms with E-state index in [9.17, 15) is 0 Å². The van der Waals surface area contributed by atoms with Crippen molar-refractivity contribution in [3.63, 3.8) is 0 Å². The molecule has 0 radical (unpaired) electrons. The molecule has 1 aliphatic rings. The number of fused-ring (bicyclic) bond motifs is 1. The molecule has 3 heterocycles. The Bertz CT molecular complexity index is 879. The third kappa shape index (κ3) is 3.78. The molecular formula is C20H25Cl2N3O. The van der Waals surface area contributed by atoms with E-state index >= 15 is 0 Å². The quantitative estimate of drug-likeness (QED) is 0.522. The van der Waals surface area contributed by atoms with Crippen molar-refractivity contribution in [2.45, 2.75) is 52.7 Å². The number of hydrogen-bond donors (Lipinski definition) is 1. The summed E-state index contributed by atoms with van der Waals surface area (Å²) < 4.78 is 7.72. The van der Waals surface area contributed by atoms with Crippen LogP contribution in [0, 0.1) is 6.92 Å². The van der Waals surface area contributed by atoms with E-state index in [1.807, 2.05) is 36.1 Å². The number of nitrogens with one attached hydrogen (secondary N) is 1. The molecule has 1 aromatic carbocycles. The third-order valence-corrected chi connectivity index (χ3v) is 5.20. The maximum Gasteiger partial charge on any atom is 0.150 e. The topological polar surface area (TPSA) is 42.8 Å². The Hall–Kier alpha value is -1.49. The number of nitrogens with zero attached hydrogens (tertiary/aromatic N) is 2. The summed E-state index contributed by atoms with van der Waals surface area (Å²) in [7, 11) is 0. The van der Waals surface area contributed by atoms with Crippen LogP contribution in [0.2, 0.25) is 10.0 Å². The molecule has 26 heavy (non-hydrogen) atoms. The highest BCUT2D eigenvalue weighted by Gasteiger charge is 2.19. The van der Waals surface area contributed by atoms with Crippen LogP contribution in [0.3, 0.4) is 0 Å². The van der Waals surface area contributed by atoms with Crippen LogP contribution < -0.4 is 0 Å².